The summed E-state index contributed by atoms with van der Waals surface area (Å²) in [7, 11) is 0. The third kappa shape index (κ3) is 1.40. The van der Waals surface area contributed by atoms with Gasteiger partial charge in [0.2, 0.25) is 0 Å². The van der Waals surface area contributed by atoms with Crippen LogP contribution in [0.3, 0.4) is 0 Å². The van der Waals surface area contributed by atoms with Gasteiger partial charge >= 0.3 is 0 Å². The van der Waals surface area contributed by atoms with E-state index >= 15 is 0 Å². The van der Waals surface area contributed by atoms with Crippen molar-refractivity contribution in [1.29, 1.82) is 0 Å². The molecule has 0 aliphatic rings. The van der Waals surface area contributed by atoms with E-state index in [-0.39, 0.29) is 5.56 Å². The van der Waals surface area contributed by atoms with Crippen LogP contribution in [0.15, 0.2) is 41.3 Å². The second-order valence-electron chi connectivity index (χ2n) is 3.77. The first-order valence-corrected chi connectivity index (χ1v) is 5.17. The van der Waals surface area contributed by atoms with Gasteiger partial charge in [0.15, 0.2) is 0 Å². The maximum Gasteiger partial charge on any atom is 0.259 e. The number of rotatable bonds is 1. The number of anilines is 1. The van der Waals surface area contributed by atoms with Gasteiger partial charge in [-0.2, -0.15) is 5.10 Å². The molecule has 0 amide bonds. The molecule has 0 saturated heterocycles. The number of aromatic nitrogens is 3. The van der Waals surface area contributed by atoms with Crippen molar-refractivity contribution < 1.29 is 0 Å². The van der Waals surface area contributed by atoms with Gasteiger partial charge < -0.3 is 10.7 Å². The summed E-state index contributed by atoms with van der Waals surface area (Å²) in [6, 6.07) is 9.34. The first-order chi connectivity index (χ1) is 8.27. The monoisotopic (exact) mass is 226 g/mol. The number of fused-ring (bicyclic) bond motifs is 1. The minimum atomic E-state index is -0.217. The van der Waals surface area contributed by atoms with Crippen LogP contribution in [0.1, 0.15) is 0 Å². The van der Waals surface area contributed by atoms with Gasteiger partial charge in [0.05, 0.1) is 22.8 Å². The van der Waals surface area contributed by atoms with E-state index in [1.165, 1.54) is 0 Å². The Balaban J connectivity index is 2.40. The average Bonchev–Trinajstić information content (AvgIpc) is 2.78. The van der Waals surface area contributed by atoms with Crippen molar-refractivity contribution in [3.8, 4) is 11.1 Å². The minimum absolute atomic E-state index is 0.217. The lowest BCUT2D eigenvalue weighted by molar-refractivity contribution is 1.09. The zero-order valence-electron chi connectivity index (χ0n) is 8.90. The maximum atomic E-state index is 12.0. The second kappa shape index (κ2) is 3.48. The highest BCUT2D eigenvalue weighted by molar-refractivity contribution is 5.95. The molecule has 4 N–H and O–H groups in total. The van der Waals surface area contributed by atoms with Crippen molar-refractivity contribution in [2.24, 2.45) is 0 Å². The number of nitrogen functional groups attached to an aromatic ring is 1. The largest absolute Gasteiger partial charge is 0.397 e. The van der Waals surface area contributed by atoms with Crippen LogP contribution >= 0.6 is 0 Å². The molecule has 1 aromatic carbocycles. The number of hydrogen-bond acceptors (Lipinski definition) is 3. The smallest absolute Gasteiger partial charge is 0.259 e. The molecule has 3 rings (SSSR count). The van der Waals surface area contributed by atoms with Crippen LogP contribution in [0.25, 0.3) is 22.2 Å². The van der Waals surface area contributed by atoms with E-state index in [2.05, 4.69) is 15.2 Å². The van der Waals surface area contributed by atoms with Gasteiger partial charge in [-0.3, -0.25) is 9.89 Å². The normalized spacial score (nSPS) is 10.8. The first-order valence-electron chi connectivity index (χ1n) is 5.17. The van der Waals surface area contributed by atoms with Crippen LogP contribution in [-0.2, 0) is 0 Å². The highest BCUT2D eigenvalue weighted by Gasteiger charge is 2.12. The summed E-state index contributed by atoms with van der Waals surface area (Å²) >= 11 is 0. The number of hydrogen-bond donors (Lipinski definition) is 3. The lowest BCUT2D eigenvalue weighted by Crippen LogP contribution is -2.12. The van der Waals surface area contributed by atoms with Crippen LogP contribution < -0.4 is 11.3 Å². The van der Waals surface area contributed by atoms with Gasteiger partial charge in [0, 0.05) is 0 Å². The van der Waals surface area contributed by atoms with E-state index in [0.29, 0.717) is 16.9 Å². The zero-order chi connectivity index (χ0) is 11.8. The molecule has 3 aromatic rings. The Bertz CT molecular complexity index is 727. The minimum Gasteiger partial charge on any atom is -0.397 e. The van der Waals surface area contributed by atoms with Crippen molar-refractivity contribution in [3.05, 3.63) is 46.9 Å². The topological polar surface area (TPSA) is 87.6 Å². The van der Waals surface area contributed by atoms with Crippen LogP contribution in [-0.4, -0.2) is 15.2 Å². The Morgan fingerprint density at radius 3 is 2.71 bits per heavy atom. The van der Waals surface area contributed by atoms with Gasteiger partial charge in [-0.25, -0.2) is 0 Å². The standard InChI is InChI=1S/C12H10N4O/c13-10-8-6-14-16-11(8)15-12(17)9(10)7-4-2-1-3-5-7/h1-6H,(H4,13,14,15,16,17). The number of pyridine rings is 1. The molecule has 17 heavy (non-hydrogen) atoms. The van der Waals surface area contributed by atoms with Gasteiger partial charge in [-0.05, 0) is 5.56 Å². The number of aromatic amines is 2. The van der Waals surface area contributed by atoms with Crippen LogP contribution in [0.4, 0.5) is 5.69 Å². The molecule has 0 unspecified atom stereocenters. The van der Waals surface area contributed by atoms with Crippen molar-refractivity contribution in [3.63, 3.8) is 0 Å². The van der Waals surface area contributed by atoms with Gasteiger partial charge in [-0.15, -0.1) is 0 Å². The highest BCUT2D eigenvalue weighted by atomic mass is 16.1. The summed E-state index contributed by atoms with van der Waals surface area (Å²) < 4.78 is 0. The maximum absolute atomic E-state index is 12.0. The fourth-order valence-electron chi connectivity index (χ4n) is 1.91. The zero-order valence-corrected chi connectivity index (χ0v) is 8.90. The Kier molecular flexibility index (Phi) is 1.98. The summed E-state index contributed by atoms with van der Waals surface area (Å²) in [4.78, 5) is 14.7. The van der Waals surface area contributed by atoms with Crippen molar-refractivity contribution in [2.45, 2.75) is 0 Å². The first kappa shape index (κ1) is 9.65. The molecule has 0 radical (unpaired) electrons. The van der Waals surface area contributed by atoms with Crippen molar-refractivity contribution in [1.82, 2.24) is 15.2 Å². The van der Waals surface area contributed by atoms with Gasteiger partial charge in [-0.1, -0.05) is 30.3 Å². The van der Waals surface area contributed by atoms with Crippen LogP contribution in [0.5, 0.6) is 0 Å². The molecule has 0 aliphatic heterocycles. The highest BCUT2D eigenvalue weighted by Crippen LogP contribution is 2.26. The molecular weight excluding hydrogens is 216 g/mol. The van der Waals surface area contributed by atoms with Gasteiger partial charge in [0.25, 0.3) is 5.56 Å². The van der Waals surface area contributed by atoms with Crippen LogP contribution in [0, 0.1) is 0 Å². The third-order valence-corrected chi connectivity index (χ3v) is 2.73. The van der Waals surface area contributed by atoms with E-state index in [0.717, 1.165) is 10.9 Å². The lowest BCUT2D eigenvalue weighted by Gasteiger charge is -2.05. The predicted molar refractivity (Wildman–Crippen MR) is 66.6 cm³/mol. The summed E-state index contributed by atoms with van der Waals surface area (Å²) in [5.41, 5.74) is 8.08. The number of nitrogens with zero attached hydrogens (tertiary/aromatic N) is 1. The number of benzene rings is 1. The SMILES string of the molecule is Nc1c(-c2ccccc2)c(=O)[nH]c2[nH]ncc12. The molecule has 0 fully saturated rings. The number of nitrogens with two attached hydrogens (primary N) is 1. The van der Waals surface area contributed by atoms with E-state index in [4.69, 9.17) is 5.73 Å². The molecule has 0 atom stereocenters. The van der Waals surface area contributed by atoms with Gasteiger partial charge in [0.1, 0.15) is 5.65 Å². The second-order valence-corrected chi connectivity index (χ2v) is 3.77. The fourth-order valence-corrected chi connectivity index (χ4v) is 1.91. The Hall–Kier alpha value is -2.56. The van der Waals surface area contributed by atoms with E-state index in [1.807, 2.05) is 30.3 Å². The predicted octanol–water partition coefficient (Wildman–Crippen LogP) is 1.50. The molecule has 0 spiro atoms. The molecule has 84 valence electrons. The molecule has 0 saturated carbocycles. The van der Waals surface area contributed by atoms with E-state index in [9.17, 15) is 4.79 Å². The Morgan fingerprint density at radius 2 is 1.94 bits per heavy atom. The average molecular weight is 226 g/mol. The molecule has 0 aliphatic carbocycles. The van der Waals surface area contributed by atoms with Crippen molar-refractivity contribution in [2.75, 3.05) is 5.73 Å². The van der Waals surface area contributed by atoms with E-state index in [1.54, 1.807) is 6.20 Å². The number of H-pyrrole nitrogens is 2. The third-order valence-electron chi connectivity index (χ3n) is 2.73. The quantitative estimate of drug-likeness (QED) is 0.587. The molecule has 5 nitrogen and oxygen atoms in total. The van der Waals surface area contributed by atoms with Crippen molar-refractivity contribution >= 4 is 16.7 Å². The summed E-state index contributed by atoms with van der Waals surface area (Å²) in [5, 5.41) is 7.28. The molecule has 2 heterocycles. The Labute approximate surface area is 96.3 Å². The lowest BCUT2D eigenvalue weighted by atomic mass is 10.0. The van der Waals surface area contributed by atoms with E-state index < -0.39 is 0 Å². The molecule has 2 aromatic heterocycles. The van der Waals surface area contributed by atoms with Crippen LogP contribution in [0.2, 0.25) is 0 Å². The Morgan fingerprint density at radius 1 is 1.18 bits per heavy atom. The molecule has 5 heteroatoms. The fraction of sp³-hybridized carbons (Fsp3) is 0. The summed E-state index contributed by atoms with van der Waals surface area (Å²) in [6.45, 7) is 0. The molecular formula is C12H10N4O. The number of nitrogens with one attached hydrogen (secondary N) is 2. The molecule has 0 bridgehead atoms. The summed E-state index contributed by atoms with van der Waals surface area (Å²) in [6.07, 6.45) is 1.60. The summed E-state index contributed by atoms with van der Waals surface area (Å²) in [5.74, 6) is 0.